The molecule has 116 valence electrons. The van der Waals surface area contributed by atoms with E-state index in [-0.39, 0.29) is 5.56 Å². The Hall–Kier alpha value is -2.76. The maximum absolute atomic E-state index is 11.3. The van der Waals surface area contributed by atoms with Gasteiger partial charge < -0.3 is 0 Å². The Morgan fingerprint density at radius 1 is 1.17 bits per heavy atom. The van der Waals surface area contributed by atoms with Crippen molar-refractivity contribution in [1.82, 2.24) is 25.0 Å². The first-order valence-electron chi connectivity index (χ1n) is 7.72. The van der Waals surface area contributed by atoms with Crippen LogP contribution in [-0.4, -0.2) is 25.0 Å². The van der Waals surface area contributed by atoms with Crippen molar-refractivity contribution in [3.63, 3.8) is 0 Å². The SMILES string of the molecule is Cc1ccc(C)c(-n2nc(C3CC3)nc2-c2ccc(=O)[nH]n2)c1. The number of aromatic amines is 1. The minimum atomic E-state index is -0.228. The van der Waals surface area contributed by atoms with Gasteiger partial charge in [-0.15, -0.1) is 0 Å². The number of rotatable bonds is 3. The van der Waals surface area contributed by atoms with Gasteiger partial charge in [0.1, 0.15) is 5.69 Å². The summed E-state index contributed by atoms with van der Waals surface area (Å²) in [5.41, 5.74) is 3.66. The van der Waals surface area contributed by atoms with Crippen molar-refractivity contribution in [2.75, 3.05) is 0 Å². The fourth-order valence-electron chi connectivity index (χ4n) is 2.59. The van der Waals surface area contributed by atoms with Gasteiger partial charge in [0, 0.05) is 12.0 Å². The minimum Gasteiger partial charge on any atom is -0.268 e. The third-order valence-electron chi connectivity index (χ3n) is 4.07. The predicted octanol–water partition coefficient (Wildman–Crippen LogP) is 2.51. The van der Waals surface area contributed by atoms with E-state index in [1.165, 1.54) is 6.07 Å². The van der Waals surface area contributed by atoms with Gasteiger partial charge in [-0.2, -0.15) is 10.2 Å². The van der Waals surface area contributed by atoms with E-state index >= 15 is 0 Å². The molecule has 1 N–H and O–H groups in total. The maximum atomic E-state index is 11.3. The van der Waals surface area contributed by atoms with E-state index in [1.54, 1.807) is 6.07 Å². The number of hydrogen-bond acceptors (Lipinski definition) is 4. The Morgan fingerprint density at radius 2 is 2.00 bits per heavy atom. The maximum Gasteiger partial charge on any atom is 0.264 e. The first kappa shape index (κ1) is 13.9. The van der Waals surface area contributed by atoms with Crippen LogP contribution in [-0.2, 0) is 0 Å². The van der Waals surface area contributed by atoms with Crippen LogP contribution in [0, 0.1) is 13.8 Å². The molecule has 0 aliphatic heterocycles. The summed E-state index contributed by atoms with van der Waals surface area (Å²) in [7, 11) is 0. The van der Waals surface area contributed by atoms with Gasteiger partial charge in [0.25, 0.3) is 5.56 Å². The molecule has 1 aromatic carbocycles. The normalized spacial score (nSPS) is 14.2. The fourth-order valence-corrected chi connectivity index (χ4v) is 2.59. The lowest BCUT2D eigenvalue weighted by atomic mass is 10.1. The van der Waals surface area contributed by atoms with Gasteiger partial charge in [0.2, 0.25) is 0 Å². The zero-order chi connectivity index (χ0) is 16.0. The third kappa shape index (κ3) is 2.56. The molecule has 0 radical (unpaired) electrons. The van der Waals surface area contributed by atoms with Crippen LogP contribution >= 0.6 is 0 Å². The van der Waals surface area contributed by atoms with Crippen LogP contribution in [0.5, 0.6) is 0 Å². The molecule has 6 heteroatoms. The molecule has 1 aliphatic rings. The minimum absolute atomic E-state index is 0.228. The second kappa shape index (κ2) is 5.15. The van der Waals surface area contributed by atoms with Crippen LogP contribution in [0.1, 0.15) is 35.7 Å². The van der Waals surface area contributed by atoms with Crippen molar-refractivity contribution in [3.8, 4) is 17.2 Å². The molecule has 23 heavy (non-hydrogen) atoms. The molecular formula is C17H17N5O. The molecule has 1 aliphatic carbocycles. The van der Waals surface area contributed by atoms with E-state index in [9.17, 15) is 4.79 Å². The molecule has 2 aromatic heterocycles. The first-order chi connectivity index (χ1) is 11.1. The van der Waals surface area contributed by atoms with Gasteiger partial charge in [-0.3, -0.25) is 4.79 Å². The summed E-state index contributed by atoms with van der Waals surface area (Å²) in [6.45, 7) is 4.11. The summed E-state index contributed by atoms with van der Waals surface area (Å²) < 4.78 is 1.84. The van der Waals surface area contributed by atoms with E-state index in [0.29, 0.717) is 17.4 Å². The smallest absolute Gasteiger partial charge is 0.264 e. The van der Waals surface area contributed by atoms with Gasteiger partial charge in [-0.05, 0) is 49.9 Å². The summed E-state index contributed by atoms with van der Waals surface area (Å²) in [6.07, 6.45) is 2.27. The van der Waals surface area contributed by atoms with Crippen LogP contribution in [0.3, 0.4) is 0 Å². The van der Waals surface area contributed by atoms with Crippen LogP contribution in [0.25, 0.3) is 17.2 Å². The van der Waals surface area contributed by atoms with Crippen LogP contribution < -0.4 is 5.56 Å². The Morgan fingerprint density at radius 3 is 2.70 bits per heavy atom. The van der Waals surface area contributed by atoms with E-state index in [0.717, 1.165) is 35.5 Å². The lowest BCUT2D eigenvalue weighted by Crippen LogP contribution is -2.08. The second-order valence-electron chi connectivity index (χ2n) is 6.08. The number of hydrogen-bond donors (Lipinski definition) is 1. The molecule has 0 spiro atoms. The summed E-state index contributed by atoms with van der Waals surface area (Å²) >= 11 is 0. The fraction of sp³-hybridized carbons (Fsp3) is 0.294. The van der Waals surface area contributed by atoms with Crippen molar-refractivity contribution in [1.29, 1.82) is 0 Å². The summed E-state index contributed by atoms with van der Waals surface area (Å²) in [6, 6.07) is 9.39. The molecule has 0 bridgehead atoms. The second-order valence-corrected chi connectivity index (χ2v) is 6.08. The summed E-state index contributed by atoms with van der Waals surface area (Å²) in [4.78, 5) is 16.0. The van der Waals surface area contributed by atoms with E-state index in [2.05, 4.69) is 47.2 Å². The molecule has 0 saturated heterocycles. The number of benzene rings is 1. The van der Waals surface area contributed by atoms with Gasteiger partial charge in [-0.1, -0.05) is 12.1 Å². The number of aromatic nitrogens is 5. The zero-order valence-corrected chi connectivity index (χ0v) is 13.1. The van der Waals surface area contributed by atoms with Crippen molar-refractivity contribution < 1.29 is 0 Å². The summed E-state index contributed by atoms with van der Waals surface area (Å²) in [5.74, 6) is 1.97. The molecule has 4 rings (SSSR count). The van der Waals surface area contributed by atoms with Crippen LogP contribution in [0.15, 0.2) is 35.1 Å². The van der Waals surface area contributed by atoms with Gasteiger partial charge in [-0.25, -0.2) is 14.8 Å². The Balaban J connectivity index is 1.92. The topological polar surface area (TPSA) is 76.5 Å². The lowest BCUT2D eigenvalue weighted by Gasteiger charge is -2.09. The number of nitrogens with zero attached hydrogens (tertiary/aromatic N) is 4. The van der Waals surface area contributed by atoms with E-state index < -0.39 is 0 Å². The molecule has 0 unspecified atom stereocenters. The van der Waals surface area contributed by atoms with E-state index in [4.69, 9.17) is 5.10 Å². The van der Waals surface area contributed by atoms with Crippen molar-refractivity contribution in [2.45, 2.75) is 32.6 Å². The quantitative estimate of drug-likeness (QED) is 0.806. The van der Waals surface area contributed by atoms with Crippen molar-refractivity contribution in [2.24, 2.45) is 0 Å². The zero-order valence-electron chi connectivity index (χ0n) is 13.1. The third-order valence-corrected chi connectivity index (χ3v) is 4.07. The molecular weight excluding hydrogens is 290 g/mol. The number of H-pyrrole nitrogens is 1. The van der Waals surface area contributed by atoms with Gasteiger partial charge in [0.15, 0.2) is 11.6 Å². The van der Waals surface area contributed by atoms with Crippen LogP contribution in [0.2, 0.25) is 0 Å². The van der Waals surface area contributed by atoms with Gasteiger partial charge >= 0.3 is 0 Å². The molecule has 3 aromatic rings. The number of nitrogens with one attached hydrogen (secondary N) is 1. The highest BCUT2D eigenvalue weighted by Crippen LogP contribution is 2.39. The van der Waals surface area contributed by atoms with E-state index in [1.807, 2.05) is 4.68 Å². The average molecular weight is 307 g/mol. The monoisotopic (exact) mass is 307 g/mol. The van der Waals surface area contributed by atoms with Crippen molar-refractivity contribution >= 4 is 0 Å². The Kier molecular flexibility index (Phi) is 3.11. The predicted molar refractivity (Wildman–Crippen MR) is 86.7 cm³/mol. The molecule has 0 atom stereocenters. The molecule has 6 nitrogen and oxygen atoms in total. The molecule has 2 heterocycles. The summed E-state index contributed by atoms with van der Waals surface area (Å²) in [5, 5.41) is 11.3. The van der Waals surface area contributed by atoms with Crippen LogP contribution in [0.4, 0.5) is 0 Å². The molecule has 0 amide bonds. The van der Waals surface area contributed by atoms with Crippen molar-refractivity contribution in [3.05, 3.63) is 57.6 Å². The average Bonchev–Trinajstić information content (AvgIpc) is 3.30. The Bertz CT molecular complexity index is 916. The highest BCUT2D eigenvalue weighted by Gasteiger charge is 2.30. The highest BCUT2D eigenvalue weighted by molar-refractivity contribution is 5.55. The molecule has 1 saturated carbocycles. The highest BCUT2D eigenvalue weighted by atomic mass is 16.1. The first-order valence-corrected chi connectivity index (χ1v) is 7.72. The Labute approximate surface area is 133 Å². The van der Waals surface area contributed by atoms with Gasteiger partial charge in [0.05, 0.1) is 5.69 Å². The molecule has 1 fully saturated rings. The largest absolute Gasteiger partial charge is 0.268 e. The lowest BCUT2D eigenvalue weighted by molar-refractivity contribution is 0.828. The number of aryl methyl sites for hydroxylation is 2. The standard InChI is InChI=1S/C17H17N5O/c1-10-3-4-11(2)14(9-10)22-17(13-7-8-15(23)20-19-13)18-16(21-22)12-5-6-12/h3-4,7-9,12H,5-6H2,1-2H3,(H,20,23).